The molecule has 1 fully saturated rings. The average molecular weight is 397 g/mol. The molecule has 1 aliphatic rings. The van der Waals surface area contributed by atoms with E-state index >= 15 is 0 Å². The van der Waals surface area contributed by atoms with Crippen LogP contribution in [-0.4, -0.2) is 46.2 Å². The van der Waals surface area contributed by atoms with Crippen LogP contribution in [0.15, 0.2) is 28.7 Å². The summed E-state index contributed by atoms with van der Waals surface area (Å²) in [7, 11) is 0. The predicted octanol–water partition coefficient (Wildman–Crippen LogP) is 0.956. The summed E-state index contributed by atoms with van der Waals surface area (Å²) >= 11 is 3.33. The Bertz CT molecular complexity index is 674. The Kier molecular flexibility index (Phi) is 5.71. The first-order valence-electron chi connectivity index (χ1n) is 7.36. The number of ketones is 1. The van der Waals surface area contributed by atoms with Gasteiger partial charge in [-0.3, -0.25) is 19.2 Å². The summed E-state index contributed by atoms with van der Waals surface area (Å²) in [5, 5.41) is 10.7. The fourth-order valence-electron chi connectivity index (χ4n) is 2.58. The summed E-state index contributed by atoms with van der Waals surface area (Å²) in [6, 6.07) is 7.06. The van der Waals surface area contributed by atoms with Gasteiger partial charge in [-0.05, 0) is 24.6 Å². The maximum absolute atomic E-state index is 12.6. The summed E-state index contributed by atoms with van der Waals surface area (Å²) in [6.07, 6.45) is 0.0629. The van der Waals surface area contributed by atoms with Gasteiger partial charge in [0.05, 0.1) is 0 Å². The molecule has 1 aliphatic heterocycles. The van der Waals surface area contributed by atoms with Gasteiger partial charge in [0, 0.05) is 23.5 Å². The van der Waals surface area contributed by atoms with Crippen molar-refractivity contribution in [3.05, 3.63) is 34.3 Å². The molecule has 0 aliphatic carbocycles. The first-order chi connectivity index (χ1) is 11.3. The average Bonchev–Trinajstić information content (AvgIpc) is 2.51. The van der Waals surface area contributed by atoms with E-state index in [1.54, 1.807) is 6.92 Å². The van der Waals surface area contributed by atoms with Crippen LogP contribution < -0.4 is 5.32 Å². The van der Waals surface area contributed by atoms with Crippen molar-refractivity contribution in [2.45, 2.75) is 25.9 Å². The molecule has 1 aromatic carbocycles. The summed E-state index contributed by atoms with van der Waals surface area (Å²) in [5.41, 5.74) is 0.873. The molecule has 2 amide bonds. The van der Waals surface area contributed by atoms with E-state index in [0.717, 1.165) is 10.0 Å². The van der Waals surface area contributed by atoms with Crippen LogP contribution in [0.5, 0.6) is 0 Å². The van der Waals surface area contributed by atoms with E-state index in [1.807, 2.05) is 24.3 Å². The molecule has 24 heavy (non-hydrogen) atoms. The van der Waals surface area contributed by atoms with E-state index in [4.69, 9.17) is 5.11 Å². The van der Waals surface area contributed by atoms with Gasteiger partial charge in [-0.25, -0.2) is 0 Å². The van der Waals surface area contributed by atoms with Crippen LogP contribution in [0.3, 0.4) is 0 Å². The minimum absolute atomic E-state index is 0.0629. The van der Waals surface area contributed by atoms with E-state index in [0.29, 0.717) is 0 Å². The molecule has 2 atom stereocenters. The monoisotopic (exact) mass is 396 g/mol. The number of rotatable bonds is 5. The zero-order valence-electron chi connectivity index (χ0n) is 13.0. The van der Waals surface area contributed by atoms with Crippen LogP contribution in [0.2, 0.25) is 0 Å². The Balaban J connectivity index is 2.15. The highest BCUT2D eigenvalue weighted by Gasteiger charge is 2.43. The number of Topliss-reactive ketones (excluding diaryl/α,β-unsaturated/α-hetero) is 1. The lowest BCUT2D eigenvalue weighted by atomic mass is 9.90. The molecule has 0 bridgehead atoms. The fourth-order valence-corrected chi connectivity index (χ4v) is 2.85. The van der Waals surface area contributed by atoms with E-state index < -0.39 is 36.0 Å². The van der Waals surface area contributed by atoms with Crippen LogP contribution >= 0.6 is 15.9 Å². The number of nitrogens with zero attached hydrogens (tertiary/aromatic N) is 1. The Morgan fingerprint density at radius 2 is 1.92 bits per heavy atom. The number of carboxylic acid groups (broad SMARTS) is 1. The minimum Gasteiger partial charge on any atom is -0.480 e. The number of nitrogens with one attached hydrogen (secondary N) is 1. The van der Waals surface area contributed by atoms with Crippen molar-refractivity contribution in [2.24, 2.45) is 5.92 Å². The second-order valence-electron chi connectivity index (χ2n) is 5.66. The molecular formula is C16H17BrN2O5. The standard InChI is InChI=1S/C16H17BrN2O5/c1-9-6-12(20)14(15(23)18-7-13(21)22)16(24)19(9)8-10-2-4-11(17)5-3-10/h2-5,9,14H,6-8H2,1H3,(H,18,23)(H,21,22). The van der Waals surface area contributed by atoms with E-state index in [2.05, 4.69) is 21.2 Å². The molecule has 1 heterocycles. The number of benzene rings is 1. The molecule has 128 valence electrons. The maximum atomic E-state index is 12.6. The SMILES string of the molecule is CC1CC(=O)C(C(=O)NCC(=O)O)C(=O)N1Cc1ccc(Br)cc1. The normalized spacial score (nSPS) is 20.8. The molecule has 1 aromatic rings. The fraction of sp³-hybridized carbons (Fsp3) is 0.375. The molecule has 2 unspecified atom stereocenters. The van der Waals surface area contributed by atoms with Gasteiger partial charge in [0.15, 0.2) is 11.7 Å². The number of aliphatic carboxylic acids is 1. The second-order valence-corrected chi connectivity index (χ2v) is 6.57. The zero-order valence-corrected chi connectivity index (χ0v) is 14.6. The van der Waals surface area contributed by atoms with Gasteiger partial charge in [-0.1, -0.05) is 28.1 Å². The number of piperidine rings is 1. The molecule has 1 saturated heterocycles. The van der Waals surface area contributed by atoms with Crippen LogP contribution in [0.4, 0.5) is 0 Å². The van der Waals surface area contributed by atoms with Gasteiger partial charge in [-0.2, -0.15) is 0 Å². The summed E-state index contributed by atoms with van der Waals surface area (Å²) in [4.78, 5) is 48.7. The second kappa shape index (κ2) is 7.57. The molecule has 0 spiro atoms. The molecule has 0 radical (unpaired) electrons. The summed E-state index contributed by atoms with van der Waals surface area (Å²) in [5.74, 6) is -4.65. The number of carbonyl (C=O) groups is 4. The van der Waals surface area contributed by atoms with Crippen molar-refractivity contribution in [1.82, 2.24) is 10.2 Å². The molecular weight excluding hydrogens is 380 g/mol. The third-order valence-corrected chi connectivity index (χ3v) is 4.35. The van der Waals surface area contributed by atoms with Crippen molar-refractivity contribution in [3.63, 3.8) is 0 Å². The molecule has 0 aromatic heterocycles. The van der Waals surface area contributed by atoms with Crippen LogP contribution in [0, 0.1) is 5.92 Å². The third-order valence-electron chi connectivity index (χ3n) is 3.82. The number of hydrogen-bond acceptors (Lipinski definition) is 4. The zero-order chi connectivity index (χ0) is 17.9. The van der Waals surface area contributed by atoms with Crippen molar-refractivity contribution < 1.29 is 24.3 Å². The van der Waals surface area contributed by atoms with Gasteiger partial charge in [0.2, 0.25) is 11.8 Å². The van der Waals surface area contributed by atoms with Crippen molar-refractivity contribution in [2.75, 3.05) is 6.54 Å². The van der Waals surface area contributed by atoms with Crippen molar-refractivity contribution >= 4 is 39.5 Å². The highest BCUT2D eigenvalue weighted by molar-refractivity contribution is 9.10. The highest BCUT2D eigenvalue weighted by Crippen LogP contribution is 2.23. The van der Waals surface area contributed by atoms with Crippen LogP contribution in [0.25, 0.3) is 0 Å². The van der Waals surface area contributed by atoms with Gasteiger partial charge in [-0.15, -0.1) is 0 Å². The first kappa shape index (κ1) is 18.1. The van der Waals surface area contributed by atoms with Crippen LogP contribution in [0.1, 0.15) is 18.9 Å². The molecule has 7 nitrogen and oxygen atoms in total. The number of likely N-dealkylation sites (tertiary alicyclic amines) is 1. The highest BCUT2D eigenvalue weighted by atomic mass is 79.9. The summed E-state index contributed by atoms with van der Waals surface area (Å²) < 4.78 is 0.908. The van der Waals surface area contributed by atoms with Gasteiger partial charge >= 0.3 is 5.97 Å². The molecule has 8 heteroatoms. The topological polar surface area (TPSA) is 104 Å². The smallest absolute Gasteiger partial charge is 0.322 e. The van der Waals surface area contributed by atoms with Crippen molar-refractivity contribution in [3.8, 4) is 0 Å². The Labute approximate surface area is 147 Å². The Hall–Kier alpha value is -2.22. The lowest BCUT2D eigenvalue weighted by Crippen LogP contribution is -2.55. The number of carbonyl (C=O) groups excluding carboxylic acids is 3. The molecule has 2 rings (SSSR count). The lowest BCUT2D eigenvalue weighted by Gasteiger charge is -2.36. The van der Waals surface area contributed by atoms with Gasteiger partial charge in [0.1, 0.15) is 6.54 Å². The largest absolute Gasteiger partial charge is 0.480 e. The molecule has 0 saturated carbocycles. The van der Waals surface area contributed by atoms with E-state index in [9.17, 15) is 19.2 Å². The van der Waals surface area contributed by atoms with E-state index in [1.165, 1.54) is 4.90 Å². The van der Waals surface area contributed by atoms with Crippen molar-refractivity contribution in [1.29, 1.82) is 0 Å². The maximum Gasteiger partial charge on any atom is 0.322 e. The Morgan fingerprint density at radius 1 is 1.29 bits per heavy atom. The number of carboxylic acids is 1. The van der Waals surface area contributed by atoms with Gasteiger partial charge < -0.3 is 15.3 Å². The Morgan fingerprint density at radius 3 is 2.50 bits per heavy atom. The quantitative estimate of drug-likeness (QED) is 0.721. The van der Waals surface area contributed by atoms with Crippen LogP contribution in [-0.2, 0) is 25.7 Å². The van der Waals surface area contributed by atoms with Gasteiger partial charge in [0.25, 0.3) is 0 Å². The summed E-state index contributed by atoms with van der Waals surface area (Å²) in [6.45, 7) is 1.40. The minimum atomic E-state index is -1.48. The van der Waals surface area contributed by atoms with E-state index in [-0.39, 0.29) is 19.0 Å². The first-order valence-corrected chi connectivity index (χ1v) is 8.16. The molecule has 2 N–H and O–H groups in total. The number of amides is 2. The number of hydrogen-bond donors (Lipinski definition) is 2. The number of halogens is 1. The lowest BCUT2D eigenvalue weighted by molar-refractivity contribution is -0.154. The third kappa shape index (κ3) is 4.19. The predicted molar refractivity (Wildman–Crippen MR) is 87.9 cm³/mol.